The smallest absolute Gasteiger partial charge is 0.262 e. The second-order valence-electron chi connectivity index (χ2n) is 4.04. The molecule has 0 spiro atoms. The Balaban J connectivity index is 1.94. The number of rotatable bonds is 4. The average Bonchev–Trinajstić information content (AvgIpc) is 2.40. The highest BCUT2D eigenvalue weighted by Gasteiger charge is 2.07. The minimum Gasteiger partial charge on any atom is -0.482 e. The molecular weight excluding hydrogens is 299 g/mol. The zero-order valence-corrected chi connectivity index (χ0v) is 11.9. The van der Waals surface area contributed by atoms with Gasteiger partial charge in [0.2, 0.25) is 0 Å². The van der Waals surface area contributed by atoms with E-state index in [-0.39, 0.29) is 12.5 Å². The first kappa shape index (κ1) is 14.5. The quantitative estimate of drug-likeness (QED) is 0.848. The van der Waals surface area contributed by atoms with Crippen LogP contribution in [0.1, 0.15) is 0 Å². The molecule has 4 nitrogen and oxygen atoms in total. The summed E-state index contributed by atoms with van der Waals surface area (Å²) in [5, 5.41) is 3.55. The SMILES string of the molecule is Nc1cccc(NC(=O)COc2cc(Cl)ccc2Cl)c1. The van der Waals surface area contributed by atoms with Gasteiger partial charge in [-0.2, -0.15) is 0 Å². The Morgan fingerprint density at radius 1 is 1.20 bits per heavy atom. The van der Waals surface area contributed by atoms with Gasteiger partial charge in [0.1, 0.15) is 5.75 Å². The fraction of sp³-hybridized carbons (Fsp3) is 0.0714. The molecule has 2 rings (SSSR count). The van der Waals surface area contributed by atoms with E-state index in [1.165, 1.54) is 0 Å². The summed E-state index contributed by atoms with van der Waals surface area (Å²) in [5.74, 6) is 0.0496. The molecule has 104 valence electrons. The Kier molecular flexibility index (Phi) is 4.71. The molecule has 0 atom stereocenters. The second kappa shape index (κ2) is 6.50. The maximum Gasteiger partial charge on any atom is 0.262 e. The van der Waals surface area contributed by atoms with Crippen LogP contribution < -0.4 is 15.8 Å². The van der Waals surface area contributed by atoms with Crippen LogP contribution in [-0.2, 0) is 4.79 Å². The monoisotopic (exact) mass is 310 g/mol. The lowest BCUT2D eigenvalue weighted by molar-refractivity contribution is -0.118. The van der Waals surface area contributed by atoms with E-state index in [0.29, 0.717) is 27.2 Å². The number of ether oxygens (including phenoxy) is 1. The molecule has 20 heavy (non-hydrogen) atoms. The van der Waals surface area contributed by atoms with Crippen molar-refractivity contribution in [2.24, 2.45) is 0 Å². The molecule has 1 amide bonds. The van der Waals surface area contributed by atoms with Crippen molar-refractivity contribution in [2.75, 3.05) is 17.7 Å². The average molecular weight is 311 g/mol. The van der Waals surface area contributed by atoms with Crippen molar-refractivity contribution >= 4 is 40.5 Å². The first-order valence-corrected chi connectivity index (χ1v) is 6.53. The van der Waals surface area contributed by atoms with Crippen molar-refractivity contribution in [3.05, 3.63) is 52.5 Å². The van der Waals surface area contributed by atoms with Crippen LogP contribution >= 0.6 is 23.2 Å². The number of carbonyl (C=O) groups excluding carboxylic acids is 1. The van der Waals surface area contributed by atoms with Crippen molar-refractivity contribution in [2.45, 2.75) is 0 Å². The van der Waals surface area contributed by atoms with Crippen LogP contribution in [0.15, 0.2) is 42.5 Å². The minimum absolute atomic E-state index is 0.172. The van der Waals surface area contributed by atoms with Gasteiger partial charge in [-0.05, 0) is 30.3 Å². The van der Waals surface area contributed by atoms with Crippen LogP contribution in [0.5, 0.6) is 5.75 Å². The number of carbonyl (C=O) groups is 1. The maximum atomic E-state index is 11.7. The molecule has 0 aliphatic rings. The Bertz CT molecular complexity index is 632. The minimum atomic E-state index is -0.313. The molecule has 0 aliphatic heterocycles. The Labute approximate surface area is 126 Å². The molecule has 0 saturated carbocycles. The van der Waals surface area contributed by atoms with Crippen LogP contribution in [0.4, 0.5) is 11.4 Å². The lowest BCUT2D eigenvalue weighted by atomic mass is 10.3. The van der Waals surface area contributed by atoms with Gasteiger partial charge >= 0.3 is 0 Å². The zero-order chi connectivity index (χ0) is 14.5. The molecule has 3 N–H and O–H groups in total. The molecule has 0 bridgehead atoms. The molecule has 2 aromatic rings. The molecule has 0 aliphatic carbocycles. The number of amides is 1. The molecule has 0 fully saturated rings. The first-order valence-electron chi connectivity index (χ1n) is 5.78. The van der Waals surface area contributed by atoms with Crippen molar-refractivity contribution in [3.8, 4) is 5.75 Å². The zero-order valence-electron chi connectivity index (χ0n) is 10.4. The fourth-order valence-electron chi connectivity index (χ4n) is 1.54. The summed E-state index contributed by atoms with van der Waals surface area (Å²) < 4.78 is 5.32. The van der Waals surface area contributed by atoms with Crippen molar-refractivity contribution in [3.63, 3.8) is 0 Å². The lowest BCUT2D eigenvalue weighted by Gasteiger charge is -2.09. The van der Waals surface area contributed by atoms with E-state index < -0.39 is 0 Å². The number of hydrogen-bond acceptors (Lipinski definition) is 3. The van der Waals surface area contributed by atoms with Crippen LogP contribution in [0.25, 0.3) is 0 Å². The molecule has 0 heterocycles. The van der Waals surface area contributed by atoms with Crippen LogP contribution in [0.3, 0.4) is 0 Å². The molecule has 0 aromatic heterocycles. The van der Waals surface area contributed by atoms with E-state index in [1.807, 2.05) is 0 Å². The third-order valence-electron chi connectivity index (χ3n) is 2.42. The highest BCUT2D eigenvalue weighted by molar-refractivity contribution is 6.34. The van der Waals surface area contributed by atoms with Crippen molar-refractivity contribution in [1.29, 1.82) is 0 Å². The third-order valence-corrected chi connectivity index (χ3v) is 2.97. The first-order chi connectivity index (χ1) is 9.54. The number of nitrogens with two attached hydrogens (primary N) is 1. The van der Waals surface area contributed by atoms with Gasteiger partial charge in [0.25, 0.3) is 5.91 Å². The third kappa shape index (κ3) is 4.05. The summed E-state index contributed by atoms with van der Waals surface area (Å²) in [7, 11) is 0. The normalized spacial score (nSPS) is 10.1. The summed E-state index contributed by atoms with van der Waals surface area (Å²) in [6.07, 6.45) is 0. The maximum absolute atomic E-state index is 11.7. The number of hydrogen-bond donors (Lipinski definition) is 2. The van der Waals surface area contributed by atoms with Gasteiger partial charge in [-0.1, -0.05) is 29.3 Å². The van der Waals surface area contributed by atoms with Crippen LogP contribution in [0, 0.1) is 0 Å². The summed E-state index contributed by atoms with van der Waals surface area (Å²) in [4.78, 5) is 11.7. The van der Waals surface area contributed by atoms with E-state index in [9.17, 15) is 4.79 Å². The molecule has 0 radical (unpaired) electrons. The number of anilines is 2. The molecule has 0 unspecified atom stereocenters. The van der Waals surface area contributed by atoms with Crippen LogP contribution in [0.2, 0.25) is 10.0 Å². The number of nitrogens with one attached hydrogen (secondary N) is 1. The summed E-state index contributed by atoms with van der Waals surface area (Å²) >= 11 is 11.8. The molecule has 2 aromatic carbocycles. The van der Waals surface area contributed by atoms with E-state index in [1.54, 1.807) is 42.5 Å². The van der Waals surface area contributed by atoms with E-state index >= 15 is 0 Å². The Morgan fingerprint density at radius 2 is 2.00 bits per heavy atom. The summed E-state index contributed by atoms with van der Waals surface area (Å²) in [6, 6.07) is 11.7. The van der Waals surface area contributed by atoms with Gasteiger partial charge in [0, 0.05) is 22.5 Å². The van der Waals surface area contributed by atoms with Crippen molar-refractivity contribution in [1.82, 2.24) is 0 Å². The molecule has 0 saturated heterocycles. The van der Waals surface area contributed by atoms with Gasteiger partial charge in [0.05, 0.1) is 5.02 Å². The fourth-order valence-corrected chi connectivity index (χ4v) is 1.88. The number of nitrogen functional groups attached to an aromatic ring is 1. The van der Waals surface area contributed by atoms with Gasteiger partial charge in [-0.25, -0.2) is 0 Å². The Hall–Kier alpha value is -1.91. The Morgan fingerprint density at radius 3 is 2.75 bits per heavy atom. The number of halogens is 2. The molecule has 6 heteroatoms. The van der Waals surface area contributed by atoms with Crippen LogP contribution in [-0.4, -0.2) is 12.5 Å². The summed E-state index contributed by atoms with van der Waals surface area (Å²) in [5.41, 5.74) is 6.80. The van der Waals surface area contributed by atoms with Gasteiger partial charge in [0.15, 0.2) is 6.61 Å². The van der Waals surface area contributed by atoms with Crippen molar-refractivity contribution < 1.29 is 9.53 Å². The standard InChI is InChI=1S/C14H12Cl2N2O2/c15-9-4-5-12(16)13(6-9)20-8-14(19)18-11-3-1-2-10(17)7-11/h1-7H,8,17H2,(H,18,19). The van der Waals surface area contributed by atoms with E-state index in [0.717, 1.165) is 0 Å². The highest BCUT2D eigenvalue weighted by Crippen LogP contribution is 2.27. The number of benzene rings is 2. The summed E-state index contributed by atoms with van der Waals surface area (Å²) in [6.45, 7) is -0.172. The van der Waals surface area contributed by atoms with E-state index in [2.05, 4.69) is 5.32 Å². The largest absolute Gasteiger partial charge is 0.482 e. The highest BCUT2D eigenvalue weighted by atomic mass is 35.5. The lowest BCUT2D eigenvalue weighted by Crippen LogP contribution is -2.20. The molecular formula is C14H12Cl2N2O2. The van der Waals surface area contributed by atoms with Gasteiger partial charge < -0.3 is 15.8 Å². The predicted molar refractivity (Wildman–Crippen MR) is 81.4 cm³/mol. The topological polar surface area (TPSA) is 64.3 Å². The predicted octanol–water partition coefficient (Wildman–Crippen LogP) is 3.59. The van der Waals surface area contributed by atoms with Gasteiger partial charge in [-0.3, -0.25) is 4.79 Å². The second-order valence-corrected chi connectivity index (χ2v) is 4.88. The van der Waals surface area contributed by atoms with E-state index in [4.69, 9.17) is 33.7 Å². The van der Waals surface area contributed by atoms with Gasteiger partial charge in [-0.15, -0.1) is 0 Å².